The Morgan fingerprint density at radius 2 is 1.52 bits per heavy atom. The van der Waals surface area contributed by atoms with E-state index in [2.05, 4.69) is 41.0 Å². The summed E-state index contributed by atoms with van der Waals surface area (Å²) >= 11 is 6.01. The molecule has 2 heterocycles. The second-order valence-electron chi connectivity index (χ2n) is 8.29. The van der Waals surface area contributed by atoms with Gasteiger partial charge in [0.2, 0.25) is 5.91 Å². The third-order valence-electron chi connectivity index (χ3n) is 6.09. The van der Waals surface area contributed by atoms with Crippen LogP contribution in [-0.2, 0) is 4.79 Å². The molecule has 0 aromatic heterocycles. The van der Waals surface area contributed by atoms with E-state index >= 15 is 0 Å². The fourth-order valence-electron chi connectivity index (χ4n) is 4.24. The second kappa shape index (κ2) is 9.71. The first kappa shape index (κ1) is 21.7. The molecule has 0 atom stereocenters. The van der Waals surface area contributed by atoms with Gasteiger partial charge in [-0.3, -0.25) is 14.5 Å². The number of hydrogen-bond donors (Lipinski definition) is 0. The lowest BCUT2D eigenvalue weighted by Crippen LogP contribution is -2.54. The van der Waals surface area contributed by atoms with Crippen molar-refractivity contribution in [1.82, 2.24) is 14.7 Å². The predicted molar refractivity (Wildman–Crippen MR) is 124 cm³/mol. The molecule has 0 saturated carbocycles. The van der Waals surface area contributed by atoms with Crippen LogP contribution in [0.25, 0.3) is 0 Å². The Morgan fingerprint density at radius 1 is 0.839 bits per heavy atom. The van der Waals surface area contributed by atoms with Crippen LogP contribution in [0.4, 0.5) is 5.69 Å². The molecule has 164 valence electrons. The second-order valence-corrected chi connectivity index (χ2v) is 8.72. The number of carbonyl (C=O) groups excluding carboxylic acids is 2. The molecule has 0 bridgehead atoms. The number of anilines is 1. The van der Waals surface area contributed by atoms with E-state index < -0.39 is 0 Å². The smallest absolute Gasteiger partial charge is 0.253 e. The first-order valence-corrected chi connectivity index (χ1v) is 11.2. The Bertz CT molecular complexity index is 935. The Labute approximate surface area is 189 Å². The number of halogens is 1. The number of nitrogens with zero attached hydrogens (tertiary/aromatic N) is 4. The molecule has 2 saturated heterocycles. The molecule has 6 nitrogen and oxygen atoms in total. The summed E-state index contributed by atoms with van der Waals surface area (Å²) < 4.78 is 0. The Hall–Kier alpha value is -2.57. The summed E-state index contributed by atoms with van der Waals surface area (Å²) in [4.78, 5) is 33.8. The standard InChI is InChI=1S/C24H29ClN4O2/c1-19-4-2-7-22(16-19)27-12-14-28(15-13-27)23(30)18-26-8-10-29(11-9-26)24(31)20-5-3-6-21(25)17-20/h2-7,16-17H,8-15,18H2,1H3. The number of benzene rings is 2. The van der Waals surface area contributed by atoms with Crippen molar-refractivity contribution in [3.05, 3.63) is 64.7 Å². The van der Waals surface area contributed by atoms with Gasteiger partial charge in [-0.05, 0) is 42.8 Å². The van der Waals surface area contributed by atoms with Gasteiger partial charge in [-0.1, -0.05) is 29.8 Å². The van der Waals surface area contributed by atoms with Crippen molar-refractivity contribution >= 4 is 29.1 Å². The van der Waals surface area contributed by atoms with Crippen LogP contribution in [0.15, 0.2) is 48.5 Å². The maximum Gasteiger partial charge on any atom is 0.253 e. The minimum absolute atomic E-state index is 0.000692. The van der Waals surface area contributed by atoms with Gasteiger partial charge >= 0.3 is 0 Å². The highest BCUT2D eigenvalue weighted by molar-refractivity contribution is 6.30. The third-order valence-corrected chi connectivity index (χ3v) is 6.32. The lowest BCUT2D eigenvalue weighted by molar-refractivity contribution is -0.133. The van der Waals surface area contributed by atoms with Crippen molar-refractivity contribution in [2.75, 3.05) is 63.8 Å². The highest BCUT2D eigenvalue weighted by Gasteiger charge is 2.26. The van der Waals surface area contributed by atoms with Crippen LogP contribution >= 0.6 is 11.6 Å². The van der Waals surface area contributed by atoms with Crippen molar-refractivity contribution in [2.45, 2.75) is 6.92 Å². The maximum atomic E-state index is 12.8. The zero-order valence-corrected chi connectivity index (χ0v) is 18.7. The van der Waals surface area contributed by atoms with Crippen LogP contribution in [-0.4, -0.2) is 85.4 Å². The van der Waals surface area contributed by atoms with E-state index in [1.165, 1.54) is 11.3 Å². The quantitative estimate of drug-likeness (QED) is 0.733. The molecule has 2 fully saturated rings. The monoisotopic (exact) mass is 440 g/mol. The topological polar surface area (TPSA) is 47.1 Å². The van der Waals surface area contributed by atoms with Crippen molar-refractivity contribution in [1.29, 1.82) is 0 Å². The zero-order valence-electron chi connectivity index (χ0n) is 18.0. The van der Waals surface area contributed by atoms with E-state index in [1.807, 2.05) is 9.80 Å². The molecule has 0 radical (unpaired) electrons. The van der Waals surface area contributed by atoms with Crippen LogP contribution in [0, 0.1) is 6.92 Å². The summed E-state index contributed by atoms with van der Waals surface area (Å²) in [5.74, 6) is 0.180. The average Bonchev–Trinajstić information content (AvgIpc) is 2.79. The molecular formula is C24H29ClN4O2. The Kier molecular flexibility index (Phi) is 6.78. The number of amides is 2. The Balaban J connectivity index is 1.23. The molecule has 2 aromatic carbocycles. The molecule has 2 aliphatic rings. The highest BCUT2D eigenvalue weighted by atomic mass is 35.5. The van der Waals surface area contributed by atoms with Gasteiger partial charge in [-0.2, -0.15) is 0 Å². The van der Waals surface area contributed by atoms with Gasteiger partial charge in [0.25, 0.3) is 5.91 Å². The van der Waals surface area contributed by atoms with E-state index in [1.54, 1.807) is 24.3 Å². The first-order valence-electron chi connectivity index (χ1n) is 10.9. The molecular weight excluding hydrogens is 412 g/mol. The molecule has 7 heteroatoms. The molecule has 31 heavy (non-hydrogen) atoms. The lowest BCUT2D eigenvalue weighted by atomic mass is 10.1. The summed E-state index contributed by atoms with van der Waals surface area (Å²) in [6.07, 6.45) is 0. The van der Waals surface area contributed by atoms with Gasteiger partial charge in [0.15, 0.2) is 0 Å². The number of hydrogen-bond acceptors (Lipinski definition) is 4. The van der Waals surface area contributed by atoms with Crippen molar-refractivity contribution in [2.24, 2.45) is 0 Å². The fourth-order valence-corrected chi connectivity index (χ4v) is 4.43. The van der Waals surface area contributed by atoms with E-state index in [4.69, 9.17) is 11.6 Å². The van der Waals surface area contributed by atoms with Gasteiger partial charge in [0.1, 0.15) is 0 Å². The summed E-state index contributed by atoms with van der Waals surface area (Å²) in [6.45, 7) is 8.41. The number of piperazine rings is 2. The van der Waals surface area contributed by atoms with Gasteiger partial charge in [-0.25, -0.2) is 0 Å². The highest BCUT2D eigenvalue weighted by Crippen LogP contribution is 2.18. The van der Waals surface area contributed by atoms with Crippen molar-refractivity contribution in [3.63, 3.8) is 0 Å². The largest absolute Gasteiger partial charge is 0.368 e. The minimum Gasteiger partial charge on any atom is -0.368 e. The van der Waals surface area contributed by atoms with E-state index in [0.29, 0.717) is 43.3 Å². The van der Waals surface area contributed by atoms with Crippen LogP contribution in [0.1, 0.15) is 15.9 Å². The minimum atomic E-state index is 0.000692. The van der Waals surface area contributed by atoms with Gasteiger partial charge in [0, 0.05) is 68.6 Å². The van der Waals surface area contributed by atoms with Crippen molar-refractivity contribution in [3.8, 4) is 0 Å². The Morgan fingerprint density at radius 3 is 2.19 bits per heavy atom. The third kappa shape index (κ3) is 5.38. The number of rotatable bonds is 4. The first-order chi connectivity index (χ1) is 15.0. The van der Waals surface area contributed by atoms with Gasteiger partial charge in [0.05, 0.1) is 6.54 Å². The van der Waals surface area contributed by atoms with E-state index in [0.717, 1.165) is 26.2 Å². The SMILES string of the molecule is Cc1cccc(N2CCN(C(=O)CN3CCN(C(=O)c4cccc(Cl)c4)CC3)CC2)c1. The summed E-state index contributed by atoms with van der Waals surface area (Å²) in [5.41, 5.74) is 3.10. The zero-order chi connectivity index (χ0) is 21.8. The van der Waals surface area contributed by atoms with Crippen LogP contribution in [0.5, 0.6) is 0 Å². The molecule has 0 unspecified atom stereocenters. The lowest BCUT2D eigenvalue weighted by Gasteiger charge is -2.38. The molecule has 2 aliphatic heterocycles. The number of carbonyl (C=O) groups is 2. The normalized spacial score (nSPS) is 17.7. The maximum absolute atomic E-state index is 12.8. The van der Waals surface area contributed by atoms with E-state index in [9.17, 15) is 9.59 Å². The number of aryl methyl sites for hydroxylation is 1. The molecule has 2 aromatic rings. The molecule has 0 N–H and O–H groups in total. The van der Waals surface area contributed by atoms with Gasteiger partial charge < -0.3 is 14.7 Å². The molecule has 2 amide bonds. The van der Waals surface area contributed by atoms with Gasteiger partial charge in [-0.15, -0.1) is 0 Å². The molecule has 4 rings (SSSR count). The average molecular weight is 441 g/mol. The predicted octanol–water partition coefficient (Wildman–Crippen LogP) is 2.76. The summed E-state index contributed by atoms with van der Waals surface area (Å²) in [7, 11) is 0. The van der Waals surface area contributed by atoms with Crippen LogP contribution < -0.4 is 4.90 Å². The van der Waals surface area contributed by atoms with Crippen LogP contribution in [0.2, 0.25) is 5.02 Å². The fraction of sp³-hybridized carbons (Fsp3) is 0.417. The molecule has 0 spiro atoms. The molecule has 0 aliphatic carbocycles. The summed E-state index contributed by atoms with van der Waals surface area (Å²) in [5, 5.41) is 0.567. The van der Waals surface area contributed by atoms with Crippen molar-refractivity contribution < 1.29 is 9.59 Å². The summed E-state index contributed by atoms with van der Waals surface area (Å²) in [6, 6.07) is 15.6. The van der Waals surface area contributed by atoms with Crippen LogP contribution in [0.3, 0.4) is 0 Å². The van der Waals surface area contributed by atoms with E-state index in [-0.39, 0.29) is 11.8 Å².